The Bertz CT molecular complexity index is 604. The largest absolute Gasteiger partial charge is 0.398 e. The van der Waals surface area contributed by atoms with E-state index in [-0.39, 0.29) is 5.91 Å². The molecule has 19 heavy (non-hydrogen) atoms. The minimum Gasteiger partial charge on any atom is -0.398 e. The molecule has 1 fully saturated rings. The van der Waals surface area contributed by atoms with Gasteiger partial charge in [0.2, 0.25) is 0 Å². The molecule has 1 heterocycles. The minimum absolute atomic E-state index is 0.152. The molecule has 0 unspecified atom stereocenters. The molecular formula is C14H15N3OS. The van der Waals surface area contributed by atoms with Gasteiger partial charge in [-0.2, -0.15) is 0 Å². The molecule has 1 aromatic carbocycles. The number of anilines is 1. The van der Waals surface area contributed by atoms with Crippen molar-refractivity contribution in [1.82, 2.24) is 10.3 Å². The van der Waals surface area contributed by atoms with Gasteiger partial charge in [-0.15, -0.1) is 11.3 Å². The van der Waals surface area contributed by atoms with Crippen LogP contribution in [-0.4, -0.2) is 10.9 Å². The Morgan fingerprint density at radius 2 is 2.21 bits per heavy atom. The number of thiazole rings is 1. The monoisotopic (exact) mass is 273 g/mol. The Kier molecular flexibility index (Phi) is 3.21. The van der Waals surface area contributed by atoms with E-state index in [1.54, 1.807) is 29.5 Å². The van der Waals surface area contributed by atoms with Gasteiger partial charge < -0.3 is 11.1 Å². The number of hydrogen-bond acceptors (Lipinski definition) is 4. The average molecular weight is 273 g/mol. The summed E-state index contributed by atoms with van der Waals surface area (Å²) in [5, 5.41) is 5.90. The van der Waals surface area contributed by atoms with E-state index >= 15 is 0 Å². The summed E-state index contributed by atoms with van der Waals surface area (Å²) < 4.78 is 0. The highest BCUT2D eigenvalue weighted by Gasteiger charge is 2.25. The Labute approximate surface area is 115 Å². The number of carbonyl (C=O) groups excluding carboxylic acids is 1. The average Bonchev–Trinajstić information content (AvgIpc) is 3.16. The van der Waals surface area contributed by atoms with Crippen LogP contribution in [-0.2, 0) is 6.54 Å². The summed E-state index contributed by atoms with van der Waals surface area (Å²) in [6.07, 6.45) is 2.49. The van der Waals surface area contributed by atoms with Crippen molar-refractivity contribution in [1.29, 1.82) is 0 Å². The molecule has 1 aliphatic rings. The fourth-order valence-electron chi connectivity index (χ4n) is 1.93. The Hall–Kier alpha value is -1.88. The number of nitrogens with one attached hydrogen (secondary N) is 1. The van der Waals surface area contributed by atoms with Crippen molar-refractivity contribution in [2.24, 2.45) is 0 Å². The maximum atomic E-state index is 12.0. The highest BCUT2D eigenvalue weighted by atomic mass is 32.1. The minimum atomic E-state index is -0.152. The van der Waals surface area contributed by atoms with E-state index in [0.717, 1.165) is 5.01 Å². The molecule has 1 aliphatic carbocycles. The predicted molar refractivity (Wildman–Crippen MR) is 76.1 cm³/mol. The molecule has 1 aromatic heterocycles. The Morgan fingerprint density at radius 1 is 1.42 bits per heavy atom. The van der Waals surface area contributed by atoms with Crippen molar-refractivity contribution in [3.63, 3.8) is 0 Å². The number of rotatable bonds is 4. The second-order valence-electron chi connectivity index (χ2n) is 4.71. The molecule has 0 saturated heterocycles. The fourth-order valence-corrected chi connectivity index (χ4v) is 2.74. The van der Waals surface area contributed by atoms with Crippen LogP contribution in [0.5, 0.6) is 0 Å². The van der Waals surface area contributed by atoms with E-state index in [2.05, 4.69) is 15.7 Å². The van der Waals surface area contributed by atoms with Gasteiger partial charge in [-0.3, -0.25) is 4.79 Å². The van der Waals surface area contributed by atoms with Crippen molar-refractivity contribution < 1.29 is 4.79 Å². The standard InChI is InChI=1S/C14H15N3OS/c15-11-4-2-1-3-10(11)14(18)16-7-13-17-12(8-19-13)9-5-6-9/h1-4,8-9H,5-7,15H2,(H,16,18). The van der Waals surface area contributed by atoms with Crippen LogP contribution in [0.1, 0.15) is 39.8 Å². The molecule has 0 spiro atoms. The number of nitrogens with two attached hydrogens (primary N) is 1. The lowest BCUT2D eigenvalue weighted by Gasteiger charge is -2.05. The highest BCUT2D eigenvalue weighted by Crippen LogP contribution is 2.40. The zero-order valence-electron chi connectivity index (χ0n) is 10.4. The van der Waals surface area contributed by atoms with Gasteiger partial charge in [-0.1, -0.05) is 12.1 Å². The summed E-state index contributed by atoms with van der Waals surface area (Å²) >= 11 is 1.60. The van der Waals surface area contributed by atoms with Gasteiger partial charge in [0, 0.05) is 17.0 Å². The molecule has 4 nitrogen and oxygen atoms in total. The number of amides is 1. The fraction of sp³-hybridized carbons (Fsp3) is 0.286. The normalized spacial score (nSPS) is 14.3. The lowest BCUT2D eigenvalue weighted by atomic mass is 10.2. The van der Waals surface area contributed by atoms with Crippen LogP contribution in [0.15, 0.2) is 29.6 Å². The van der Waals surface area contributed by atoms with E-state index < -0.39 is 0 Å². The SMILES string of the molecule is Nc1ccccc1C(=O)NCc1nc(C2CC2)cs1. The first kappa shape index (κ1) is 12.2. The molecule has 0 aliphatic heterocycles. The van der Waals surface area contributed by atoms with E-state index in [9.17, 15) is 4.79 Å². The smallest absolute Gasteiger partial charge is 0.253 e. The first-order valence-corrected chi connectivity index (χ1v) is 7.19. The van der Waals surface area contributed by atoms with Gasteiger partial charge in [0.25, 0.3) is 5.91 Å². The van der Waals surface area contributed by atoms with Crippen LogP contribution in [0.25, 0.3) is 0 Å². The van der Waals surface area contributed by atoms with Crippen molar-refractivity contribution in [3.05, 3.63) is 45.9 Å². The summed E-state index contributed by atoms with van der Waals surface area (Å²) in [5.74, 6) is 0.506. The van der Waals surface area contributed by atoms with Crippen LogP contribution >= 0.6 is 11.3 Å². The predicted octanol–water partition coefficient (Wildman–Crippen LogP) is 2.53. The molecule has 1 saturated carbocycles. The third kappa shape index (κ3) is 2.76. The second-order valence-corrected chi connectivity index (χ2v) is 5.65. The van der Waals surface area contributed by atoms with Crippen molar-refractivity contribution in [3.8, 4) is 0 Å². The maximum absolute atomic E-state index is 12.0. The van der Waals surface area contributed by atoms with E-state index in [1.807, 2.05) is 6.07 Å². The Balaban J connectivity index is 1.62. The lowest BCUT2D eigenvalue weighted by Crippen LogP contribution is -2.23. The van der Waals surface area contributed by atoms with Gasteiger partial charge in [-0.05, 0) is 25.0 Å². The van der Waals surface area contributed by atoms with Gasteiger partial charge in [0.1, 0.15) is 5.01 Å². The van der Waals surface area contributed by atoms with Gasteiger partial charge in [0.15, 0.2) is 0 Å². The van der Waals surface area contributed by atoms with Gasteiger partial charge in [0.05, 0.1) is 17.8 Å². The van der Waals surface area contributed by atoms with Crippen LogP contribution in [0.2, 0.25) is 0 Å². The number of aromatic nitrogens is 1. The first-order chi connectivity index (χ1) is 9.24. The number of nitrogens with zero attached hydrogens (tertiary/aromatic N) is 1. The quantitative estimate of drug-likeness (QED) is 0.841. The van der Waals surface area contributed by atoms with Gasteiger partial charge >= 0.3 is 0 Å². The first-order valence-electron chi connectivity index (χ1n) is 6.31. The number of hydrogen-bond donors (Lipinski definition) is 2. The van der Waals surface area contributed by atoms with Crippen molar-refractivity contribution in [2.45, 2.75) is 25.3 Å². The molecule has 3 rings (SSSR count). The molecule has 0 radical (unpaired) electrons. The van der Waals surface area contributed by atoms with Crippen LogP contribution in [0, 0.1) is 0 Å². The van der Waals surface area contributed by atoms with Gasteiger partial charge in [-0.25, -0.2) is 4.98 Å². The molecule has 0 atom stereocenters. The van der Waals surface area contributed by atoms with E-state index in [1.165, 1.54) is 18.5 Å². The molecule has 3 N–H and O–H groups in total. The third-order valence-corrected chi connectivity index (χ3v) is 4.04. The summed E-state index contributed by atoms with van der Waals surface area (Å²) in [6, 6.07) is 7.07. The number of benzene rings is 1. The molecular weight excluding hydrogens is 258 g/mol. The molecule has 98 valence electrons. The number of nitrogen functional groups attached to an aromatic ring is 1. The summed E-state index contributed by atoms with van der Waals surface area (Å²) in [7, 11) is 0. The summed E-state index contributed by atoms with van der Waals surface area (Å²) in [5.41, 5.74) is 7.96. The Morgan fingerprint density at radius 3 is 2.95 bits per heavy atom. The van der Waals surface area contributed by atoms with Crippen molar-refractivity contribution in [2.75, 3.05) is 5.73 Å². The molecule has 2 aromatic rings. The molecule has 1 amide bonds. The maximum Gasteiger partial charge on any atom is 0.253 e. The number of para-hydroxylation sites is 1. The summed E-state index contributed by atoms with van der Waals surface area (Å²) in [6.45, 7) is 0.463. The molecule has 0 bridgehead atoms. The van der Waals surface area contributed by atoms with E-state index in [0.29, 0.717) is 23.7 Å². The topological polar surface area (TPSA) is 68.0 Å². The number of carbonyl (C=O) groups is 1. The second kappa shape index (κ2) is 5.01. The van der Waals surface area contributed by atoms with Crippen LogP contribution in [0.3, 0.4) is 0 Å². The highest BCUT2D eigenvalue weighted by molar-refractivity contribution is 7.09. The van der Waals surface area contributed by atoms with Crippen molar-refractivity contribution >= 4 is 22.9 Å². The van der Waals surface area contributed by atoms with E-state index in [4.69, 9.17) is 5.73 Å². The zero-order chi connectivity index (χ0) is 13.2. The third-order valence-electron chi connectivity index (χ3n) is 3.17. The summed E-state index contributed by atoms with van der Waals surface area (Å²) in [4.78, 5) is 16.5. The van der Waals surface area contributed by atoms with Crippen LogP contribution < -0.4 is 11.1 Å². The van der Waals surface area contributed by atoms with Crippen LogP contribution in [0.4, 0.5) is 5.69 Å². The molecule has 5 heteroatoms. The lowest BCUT2D eigenvalue weighted by molar-refractivity contribution is 0.0952. The zero-order valence-corrected chi connectivity index (χ0v) is 11.2.